The molecular formula is C18H23NO6S. The van der Waals surface area contributed by atoms with Gasteiger partial charge in [-0.15, -0.1) is 5.06 Å². The highest BCUT2D eigenvalue weighted by atomic mass is 32.2. The number of thioether (sulfide) groups is 1. The Morgan fingerprint density at radius 2 is 1.96 bits per heavy atom. The van der Waals surface area contributed by atoms with Gasteiger partial charge in [-0.3, -0.25) is 14.4 Å². The third-order valence-electron chi connectivity index (χ3n) is 5.30. The zero-order valence-corrected chi connectivity index (χ0v) is 15.5. The van der Waals surface area contributed by atoms with Crippen molar-refractivity contribution in [2.75, 3.05) is 19.0 Å². The lowest BCUT2D eigenvalue weighted by atomic mass is 9.93. The molecule has 0 N–H and O–H groups in total. The average molecular weight is 381 g/mol. The van der Waals surface area contributed by atoms with Gasteiger partial charge in [0, 0.05) is 18.6 Å². The van der Waals surface area contributed by atoms with E-state index in [1.54, 1.807) is 0 Å². The summed E-state index contributed by atoms with van der Waals surface area (Å²) < 4.78 is 5.56. The molecule has 0 radical (unpaired) electrons. The van der Waals surface area contributed by atoms with Gasteiger partial charge in [-0.1, -0.05) is 30.8 Å². The normalized spacial score (nSPS) is 29.7. The maximum Gasteiger partial charge on any atom is 0.334 e. The summed E-state index contributed by atoms with van der Waals surface area (Å²) in [5.74, 6) is 0.892. The predicted octanol–water partition coefficient (Wildman–Crippen LogP) is 1.72. The molecule has 0 spiro atoms. The number of imide groups is 1. The zero-order chi connectivity index (χ0) is 18.7. The number of rotatable bonds is 8. The fourth-order valence-electron chi connectivity index (χ4n) is 3.86. The molecule has 3 unspecified atom stereocenters. The van der Waals surface area contributed by atoms with Crippen molar-refractivity contribution < 1.29 is 28.8 Å². The maximum absolute atomic E-state index is 11.8. The lowest BCUT2D eigenvalue weighted by Crippen LogP contribution is -2.32. The summed E-state index contributed by atoms with van der Waals surface area (Å²) in [5, 5.41) is 0.376. The first-order chi connectivity index (χ1) is 12.5. The number of fused-ring (bicyclic) bond motifs is 2. The summed E-state index contributed by atoms with van der Waals surface area (Å²) in [5.41, 5.74) is 0. The first-order valence-corrected chi connectivity index (χ1v) is 9.92. The molecule has 0 aromatic rings. The Kier molecular flexibility index (Phi) is 6.13. The highest BCUT2D eigenvalue weighted by molar-refractivity contribution is 8.13. The van der Waals surface area contributed by atoms with E-state index in [0.29, 0.717) is 35.3 Å². The van der Waals surface area contributed by atoms with Gasteiger partial charge in [0.15, 0.2) is 0 Å². The molecular weight excluding hydrogens is 358 g/mol. The van der Waals surface area contributed by atoms with Crippen LogP contribution in [0.4, 0.5) is 0 Å². The molecule has 142 valence electrons. The van der Waals surface area contributed by atoms with Crippen LogP contribution in [0.1, 0.15) is 32.6 Å². The molecule has 2 bridgehead atoms. The van der Waals surface area contributed by atoms with Crippen LogP contribution in [0, 0.1) is 23.7 Å². The first kappa shape index (κ1) is 19.1. The second-order valence-electron chi connectivity index (χ2n) is 7.01. The number of carbonyl (C=O) groups is 4. The molecule has 0 aromatic carbocycles. The molecule has 1 heterocycles. The third-order valence-corrected chi connectivity index (χ3v) is 6.15. The summed E-state index contributed by atoms with van der Waals surface area (Å²) >= 11 is 0.996. The van der Waals surface area contributed by atoms with Crippen LogP contribution in [0.5, 0.6) is 0 Å². The van der Waals surface area contributed by atoms with Crippen molar-refractivity contribution in [3.8, 4) is 0 Å². The van der Waals surface area contributed by atoms with Gasteiger partial charge in [-0.05, 0) is 30.1 Å². The summed E-state index contributed by atoms with van der Waals surface area (Å²) in [4.78, 5) is 50.9. The van der Waals surface area contributed by atoms with Crippen LogP contribution < -0.4 is 0 Å². The maximum atomic E-state index is 11.8. The molecule has 3 aliphatic rings. The molecule has 2 fully saturated rings. The van der Waals surface area contributed by atoms with Gasteiger partial charge in [-0.2, -0.15) is 0 Å². The van der Waals surface area contributed by atoms with Crippen LogP contribution in [-0.4, -0.2) is 46.9 Å². The summed E-state index contributed by atoms with van der Waals surface area (Å²) in [7, 11) is 0. The van der Waals surface area contributed by atoms with Crippen LogP contribution in [-0.2, 0) is 28.8 Å². The van der Waals surface area contributed by atoms with Crippen molar-refractivity contribution in [3.05, 3.63) is 12.2 Å². The fourth-order valence-corrected chi connectivity index (χ4v) is 4.52. The van der Waals surface area contributed by atoms with Crippen molar-refractivity contribution >= 4 is 34.7 Å². The summed E-state index contributed by atoms with van der Waals surface area (Å²) in [6.45, 7) is 2.87. The molecule has 0 aromatic heterocycles. The van der Waals surface area contributed by atoms with Gasteiger partial charge in [0.05, 0.1) is 13.0 Å². The van der Waals surface area contributed by atoms with Crippen LogP contribution in [0.25, 0.3) is 0 Å². The van der Waals surface area contributed by atoms with Crippen LogP contribution in [0.2, 0.25) is 0 Å². The number of hydroxylamine groups is 2. The van der Waals surface area contributed by atoms with E-state index in [4.69, 9.17) is 9.57 Å². The van der Waals surface area contributed by atoms with Crippen LogP contribution in [0.3, 0.4) is 0 Å². The van der Waals surface area contributed by atoms with Gasteiger partial charge in [0.2, 0.25) is 5.12 Å². The van der Waals surface area contributed by atoms with Crippen molar-refractivity contribution in [1.82, 2.24) is 5.06 Å². The Labute approximate surface area is 156 Å². The molecule has 8 heteroatoms. The molecule has 1 saturated carbocycles. The Bertz CT molecular complexity index is 617. The van der Waals surface area contributed by atoms with Gasteiger partial charge in [0.1, 0.15) is 6.61 Å². The molecule has 1 saturated heterocycles. The second kappa shape index (κ2) is 8.35. The van der Waals surface area contributed by atoms with Gasteiger partial charge in [-0.25, -0.2) is 4.79 Å². The smallest absolute Gasteiger partial charge is 0.334 e. The number of hydrogen-bond donors (Lipinski definition) is 0. The minimum atomic E-state index is -0.697. The number of hydrogen-bond acceptors (Lipinski definition) is 7. The molecule has 7 nitrogen and oxygen atoms in total. The number of carbonyl (C=O) groups excluding carboxylic acids is 4. The van der Waals surface area contributed by atoms with Crippen molar-refractivity contribution in [3.63, 3.8) is 0 Å². The molecule has 4 atom stereocenters. The Hall–Kier alpha value is -1.67. The Balaban J connectivity index is 1.26. The summed E-state index contributed by atoms with van der Waals surface area (Å²) in [6, 6.07) is 0. The molecule has 1 aliphatic heterocycles. The fraction of sp³-hybridized carbons (Fsp3) is 0.667. The van der Waals surface area contributed by atoms with Crippen molar-refractivity contribution in [2.24, 2.45) is 23.7 Å². The molecule has 2 amide bonds. The van der Waals surface area contributed by atoms with E-state index >= 15 is 0 Å². The van der Waals surface area contributed by atoms with E-state index in [9.17, 15) is 19.2 Å². The quantitative estimate of drug-likeness (QED) is 0.467. The van der Waals surface area contributed by atoms with Gasteiger partial charge < -0.3 is 9.57 Å². The molecule has 3 rings (SSSR count). The standard InChI is InChI=1S/C18H23NO6S/c1-11-12-2-3-14(11)13(8-12)9-24-10-18(23)26-7-6-17(22)25-19-15(20)4-5-16(19)21/h2-3,11-14H,4-10H2,1H3/t11-,12?,13?,14?/m1/s1. The van der Waals surface area contributed by atoms with E-state index in [2.05, 4.69) is 19.1 Å². The largest absolute Gasteiger partial charge is 0.372 e. The average Bonchev–Trinajstić information content (AvgIpc) is 3.22. The van der Waals surface area contributed by atoms with Gasteiger partial charge >= 0.3 is 5.97 Å². The zero-order valence-electron chi connectivity index (χ0n) is 14.7. The highest BCUT2D eigenvalue weighted by Crippen LogP contribution is 2.47. The molecule has 26 heavy (non-hydrogen) atoms. The number of amides is 2. The first-order valence-electron chi connectivity index (χ1n) is 8.94. The van der Waals surface area contributed by atoms with E-state index in [1.807, 2.05) is 0 Å². The van der Waals surface area contributed by atoms with E-state index in [0.717, 1.165) is 18.2 Å². The minimum absolute atomic E-state index is 0.0226. The minimum Gasteiger partial charge on any atom is -0.372 e. The summed E-state index contributed by atoms with van der Waals surface area (Å²) in [6.07, 6.45) is 5.76. The van der Waals surface area contributed by atoms with Gasteiger partial charge in [0.25, 0.3) is 11.8 Å². The van der Waals surface area contributed by atoms with Crippen LogP contribution >= 0.6 is 11.8 Å². The topological polar surface area (TPSA) is 90.0 Å². The van der Waals surface area contributed by atoms with E-state index < -0.39 is 17.8 Å². The van der Waals surface area contributed by atoms with Crippen LogP contribution in [0.15, 0.2) is 12.2 Å². The second-order valence-corrected chi connectivity index (χ2v) is 8.16. The van der Waals surface area contributed by atoms with E-state index in [-0.39, 0.29) is 36.7 Å². The molecule has 2 aliphatic carbocycles. The predicted molar refractivity (Wildman–Crippen MR) is 93.5 cm³/mol. The number of nitrogens with zero attached hydrogens (tertiary/aromatic N) is 1. The monoisotopic (exact) mass is 381 g/mol. The SMILES string of the molecule is C[C@@H]1C2C=CC1C(COCC(=O)SCCC(=O)ON1C(=O)CCC1=O)C2. The number of allylic oxidation sites excluding steroid dienone is 2. The van der Waals surface area contributed by atoms with E-state index in [1.165, 1.54) is 0 Å². The third kappa shape index (κ3) is 4.35. The lowest BCUT2D eigenvalue weighted by molar-refractivity contribution is -0.197. The number of ether oxygens (including phenoxy) is 1. The lowest BCUT2D eigenvalue weighted by Gasteiger charge is -2.18. The highest BCUT2D eigenvalue weighted by Gasteiger charge is 2.41. The Morgan fingerprint density at radius 1 is 1.23 bits per heavy atom. The van der Waals surface area contributed by atoms with Crippen molar-refractivity contribution in [1.29, 1.82) is 0 Å². The van der Waals surface area contributed by atoms with Crippen molar-refractivity contribution in [2.45, 2.75) is 32.6 Å². The Morgan fingerprint density at radius 3 is 2.58 bits per heavy atom.